The largest absolute Gasteiger partial charge is 0.293 e. The van der Waals surface area contributed by atoms with E-state index in [1.165, 1.54) is 0 Å². The Kier molecular flexibility index (Phi) is 4.48. The molecule has 110 valence electrons. The second kappa shape index (κ2) is 6.37. The van der Waals surface area contributed by atoms with Gasteiger partial charge in [0.2, 0.25) is 0 Å². The summed E-state index contributed by atoms with van der Waals surface area (Å²) in [7, 11) is 0. The highest BCUT2D eigenvalue weighted by Gasteiger charge is 2.15. The average Bonchev–Trinajstić information content (AvgIpc) is 2.54. The monoisotopic (exact) mass is 393 g/mol. The molecule has 0 amide bonds. The number of aromatic nitrogens is 1. The van der Waals surface area contributed by atoms with E-state index in [4.69, 9.17) is 23.2 Å². The van der Waals surface area contributed by atoms with E-state index in [0.29, 0.717) is 32.2 Å². The summed E-state index contributed by atoms with van der Waals surface area (Å²) in [5.74, 6) is -0.0390. The highest BCUT2D eigenvalue weighted by molar-refractivity contribution is 9.09. The van der Waals surface area contributed by atoms with Crippen LogP contribution < -0.4 is 0 Å². The lowest BCUT2D eigenvalue weighted by molar-refractivity contribution is 0.102. The first-order valence-electron chi connectivity index (χ1n) is 6.54. The predicted octanol–water partition coefficient (Wildman–Crippen LogP) is 5.79. The van der Waals surface area contributed by atoms with E-state index >= 15 is 0 Å². The fraction of sp³-hybridized carbons (Fsp3) is 0.0588. The standard InChI is InChI=1S/C17H10BrCl2NO/c18-9-16(22)12-8-15(10-4-2-1-3-5-10)21-17-13(12)6-11(19)7-14(17)20/h1-8H,9H2. The number of ketones is 1. The Morgan fingerprint density at radius 3 is 2.50 bits per heavy atom. The zero-order valence-corrected chi connectivity index (χ0v) is 14.4. The van der Waals surface area contributed by atoms with Crippen LogP contribution in [0.5, 0.6) is 0 Å². The highest BCUT2D eigenvalue weighted by atomic mass is 79.9. The molecule has 0 aliphatic heterocycles. The normalized spacial score (nSPS) is 10.9. The molecule has 0 aliphatic rings. The number of hydrogen-bond acceptors (Lipinski definition) is 2. The van der Waals surface area contributed by atoms with Crippen LogP contribution in [0, 0.1) is 0 Å². The van der Waals surface area contributed by atoms with E-state index in [2.05, 4.69) is 20.9 Å². The molecule has 0 fully saturated rings. The minimum Gasteiger partial charge on any atom is -0.293 e. The molecule has 0 spiro atoms. The first-order valence-corrected chi connectivity index (χ1v) is 8.42. The minimum atomic E-state index is -0.0390. The molecule has 2 nitrogen and oxygen atoms in total. The van der Waals surface area contributed by atoms with Crippen LogP contribution in [0.2, 0.25) is 10.0 Å². The third kappa shape index (κ3) is 2.89. The van der Waals surface area contributed by atoms with Gasteiger partial charge >= 0.3 is 0 Å². The lowest BCUT2D eigenvalue weighted by atomic mass is 10.0. The van der Waals surface area contributed by atoms with Crippen molar-refractivity contribution in [2.75, 3.05) is 5.33 Å². The maximum absolute atomic E-state index is 12.3. The second-order valence-electron chi connectivity index (χ2n) is 4.76. The minimum absolute atomic E-state index is 0.0390. The lowest BCUT2D eigenvalue weighted by Crippen LogP contribution is -2.03. The summed E-state index contributed by atoms with van der Waals surface area (Å²) >= 11 is 15.6. The van der Waals surface area contributed by atoms with Crippen molar-refractivity contribution in [2.45, 2.75) is 0 Å². The van der Waals surface area contributed by atoms with Crippen molar-refractivity contribution in [1.82, 2.24) is 4.98 Å². The number of carbonyl (C=O) groups excluding carboxylic acids is 1. The molecule has 0 unspecified atom stereocenters. The van der Waals surface area contributed by atoms with E-state index < -0.39 is 0 Å². The number of halogens is 3. The number of carbonyl (C=O) groups is 1. The predicted molar refractivity (Wildman–Crippen MR) is 95.3 cm³/mol. The van der Waals surface area contributed by atoms with Gasteiger partial charge in [-0.2, -0.15) is 0 Å². The number of alkyl halides is 1. The van der Waals surface area contributed by atoms with Crippen LogP contribution in [0.25, 0.3) is 22.2 Å². The molecule has 0 atom stereocenters. The van der Waals surface area contributed by atoms with Crippen LogP contribution in [-0.2, 0) is 0 Å². The van der Waals surface area contributed by atoms with E-state index in [0.717, 1.165) is 5.56 Å². The van der Waals surface area contributed by atoms with Crippen molar-refractivity contribution >= 4 is 55.8 Å². The molecule has 3 rings (SSSR count). The molecule has 0 radical (unpaired) electrons. The van der Waals surface area contributed by atoms with Crippen molar-refractivity contribution in [1.29, 1.82) is 0 Å². The summed E-state index contributed by atoms with van der Waals surface area (Å²) in [4.78, 5) is 16.9. The zero-order valence-electron chi connectivity index (χ0n) is 11.3. The number of benzene rings is 2. The van der Waals surface area contributed by atoms with Gasteiger partial charge in [0.1, 0.15) is 0 Å². The molecule has 1 heterocycles. The Morgan fingerprint density at radius 2 is 1.82 bits per heavy atom. The van der Waals surface area contributed by atoms with Crippen LogP contribution in [0.4, 0.5) is 0 Å². The average molecular weight is 395 g/mol. The Labute approximate surface area is 146 Å². The Hall–Kier alpha value is -1.42. The number of Topliss-reactive ketones (excluding diaryl/α,β-unsaturated/α-hetero) is 1. The van der Waals surface area contributed by atoms with Crippen molar-refractivity contribution in [2.24, 2.45) is 0 Å². The second-order valence-corrected chi connectivity index (χ2v) is 6.17. The van der Waals surface area contributed by atoms with Gasteiger partial charge in [0, 0.05) is 21.5 Å². The summed E-state index contributed by atoms with van der Waals surface area (Å²) in [5.41, 5.74) is 2.78. The molecular weight excluding hydrogens is 385 g/mol. The van der Waals surface area contributed by atoms with Gasteiger partial charge in [-0.1, -0.05) is 69.5 Å². The van der Waals surface area contributed by atoms with Gasteiger partial charge in [0.05, 0.1) is 21.6 Å². The Morgan fingerprint density at radius 1 is 1.09 bits per heavy atom. The van der Waals surface area contributed by atoms with Gasteiger partial charge in [-0.05, 0) is 18.2 Å². The summed E-state index contributed by atoms with van der Waals surface area (Å²) in [6.07, 6.45) is 0. The SMILES string of the molecule is O=C(CBr)c1cc(-c2ccccc2)nc2c(Cl)cc(Cl)cc12. The van der Waals surface area contributed by atoms with E-state index in [1.54, 1.807) is 18.2 Å². The van der Waals surface area contributed by atoms with Crippen LogP contribution >= 0.6 is 39.1 Å². The van der Waals surface area contributed by atoms with E-state index in [-0.39, 0.29) is 11.1 Å². The van der Waals surface area contributed by atoms with Gasteiger partial charge in [-0.25, -0.2) is 4.98 Å². The zero-order chi connectivity index (χ0) is 15.7. The third-order valence-corrected chi connectivity index (χ3v) is 4.34. The maximum atomic E-state index is 12.3. The van der Waals surface area contributed by atoms with Crippen LogP contribution in [0.15, 0.2) is 48.5 Å². The fourth-order valence-corrected chi connectivity index (χ4v) is 3.15. The molecule has 5 heteroatoms. The quantitative estimate of drug-likeness (QED) is 0.415. The summed E-state index contributed by atoms with van der Waals surface area (Å²) in [5, 5.41) is 1.81. The third-order valence-electron chi connectivity index (χ3n) is 3.32. The topological polar surface area (TPSA) is 30.0 Å². The van der Waals surface area contributed by atoms with E-state index in [9.17, 15) is 4.79 Å². The maximum Gasteiger partial charge on any atom is 0.174 e. The van der Waals surface area contributed by atoms with Crippen LogP contribution in [0.3, 0.4) is 0 Å². The molecule has 2 aromatic carbocycles. The Balaban J connectivity index is 2.36. The summed E-state index contributed by atoms with van der Waals surface area (Å²) in [6, 6.07) is 14.8. The van der Waals surface area contributed by atoms with Gasteiger partial charge in [0.15, 0.2) is 5.78 Å². The first kappa shape index (κ1) is 15.5. The summed E-state index contributed by atoms with van der Waals surface area (Å²) in [6.45, 7) is 0. The van der Waals surface area contributed by atoms with Crippen molar-refractivity contribution in [3.63, 3.8) is 0 Å². The smallest absolute Gasteiger partial charge is 0.174 e. The fourth-order valence-electron chi connectivity index (χ4n) is 2.31. The van der Waals surface area contributed by atoms with Gasteiger partial charge < -0.3 is 0 Å². The molecule has 0 aliphatic carbocycles. The van der Waals surface area contributed by atoms with Crippen molar-refractivity contribution < 1.29 is 4.79 Å². The molecule has 0 N–H and O–H groups in total. The van der Waals surface area contributed by atoms with Crippen molar-refractivity contribution in [3.8, 4) is 11.3 Å². The number of fused-ring (bicyclic) bond motifs is 1. The van der Waals surface area contributed by atoms with Gasteiger partial charge in [-0.15, -0.1) is 0 Å². The van der Waals surface area contributed by atoms with Crippen LogP contribution in [-0.4, -0.2) is 16.1 Å². The highest BCUT2D eigenvalue weighted by Crippen LogP contribution is 2.32. The molecule has 0 saturated heterocycles. The number of rotatable bonds is 3. The number of pyridine rings is 1. The van der Waals surface area contributed by atoms with E-state index in [1.807, 2.05) is 30.3 Å². The molecular formula is C17H10BrCl2NO. The Bertz CT molecular complexity index is 865. The molecule has 0 saturated carbocycles. The molecule has 0 bridgehead atoms. The summed E-state index contributed by atoms with van der Waals surface area (Å²) < 4.78 is 0. The van der Waals surface area contributed by atoms with Gasteiger partial charge in [0.25, 0.3) is 0 Å². The molecule has 22 heavy (non-hydrogen) atoms. The first-order chi connectivity index (χ1) is 10.6. The molecule has 3 aromatic rings. The van der Waals surface area contributed by atoms with Gasteiger partial charge in [-0.3, -0.25) is 4.79 Å². The molecule has 1 aromatic heterocycles. The number of nitrogens with zero attached hydrogens (tertiary/aromatic N) is 1. The van der Waals surface area contributed by atoms with Crippen molar-refractivity contribution in [3.05, 3.63) is 64.1 Å². The van der Waals surface area contributed by atoms with Crippen LogP contribution in [0.1, 0.15) is 10.4 Å². The number of hydrogen-bond donors (Lipinski definition) is 0. The lowest BCUT2D eigenvalue weighted by Gasteiger charge is -2.10.